The second-order valence-corrected chi connectivity index (χ2v) is 8.81. The van der Waals surface area contributed by atoms with Gasteiger partial charge in [-0.2, -0.15) is 4.31 Å². The van der Waals surface area contributed by atoms with Crippen molar-refractivity contribution in [3.63, 3.8) is 0 Å². The van der Waals surface area contributed by atoms with Crippen LogP contribution in [-0.2, 0) is 10.0 Å². The first kappa shape index (κ1) is 19.0. The average molecular weight is 375 g/mol. The Balaban J connectivity index is 1.64. The van der Waals surface area contributed by atoms with Gasteiger partial charge in [0.25, 0.3) is 0 Å². The van der Waals surface area contributed by atoms with Crippen molar-refractivity contribution in [1.29, 1.82) is 0 Å². The molecule has 0 bridgehead atoms. The van der Waals surface area contributed by atoms with Crippen LogP contribution < -0.4 is 0 Å². The van der Waals surface area contributed by atoms with Crippen LogP contribution in [0.1, 0.15) is 22.8 Å². The maximum absolute atomic E-state index is 13.0. The normalized spacial score (nSPS) is 18.0. The number of aliphatic hydroxyl groups is 1. The first-order chi connectivity index (χ1) is 12.4. The van der Waals surface area contributed by atoms with Crippen LogP contribution in [0.5, 0.6) is 0 Å². The molecule has 2 aromatic carbocycles. The summed E-state index contributed by atoms with van der Waals surface area (Å²) in [5.74, 6) is 0. The van der Waals surface area contributed by atoms with E-state index in [0.29, 0.717) is 37.6 Å². The van der Waals surface area contributed by atoms with Crippen molar-refractivity contribution in [2.75, 3.05) is 32.7 Å². The molecule has 1 heterocycles. The zero-order valence-corrected chi connectivity index (χ0v) is 16.1. The third kappa shape index (κ3) is 4.15. The lowest BCUT2D eigenvalue weighted by atomic mass is 10.1. The zero-order chi connectivity index (χ0) is 18.7. The molecule has 6 heteroatoms. The molecule has 1 fully saturated rings. The molecule has 0 aromatic heterocycles. The highest BCUT2D eigenvalue weighted by atomic mass is 32.2. The highest BCUT2D eigenvalue weighted by molar-refractivity contribution is 7.89. The summed E-state index contributed by atoms with van der Waals surface area (Å²) in [6.45, 7) is 6.37. The number of hydrogen-bond acceptors (Lipinski definition) is 4. The minimum absolute atomic E-state index is 0.398. The van der Waals surface area contributed by atoms with Crippen molar-refractivity contribution in [3.8, 4) is 0 Å². The number of hydrogen-bond donors (Lipinski definition) is 1. The van der Waals surface area contributed by atoms with E-state index in [0.717, 1.165) is 16.7 Å². The molecule has 5 nitrogen and oxygen atoms in total. The summed E-state index contributed by atoms with van der Waals surface area (Å²) in [5.41, 5.74) is 2.61. The summed E-state index contributed by atoms with van der Waals surface area (Å²) in [7, 11) is -3.48. The summed E-state index contributed by atoms with van der Waals surface area (Å²) in [4.78, 5) is 2.52. The predicted octanol–water partition coefficient (Wildman–Crippen LogP) is 2.34. The van der Waals surface area contributed by atoms with Crippen LogP contribution in [0.25, 0.3) is 0 Å². The van der Waals surface area contributed by atoms with E-state index in [1.54, 1.807) is 10.4 Å². The molecule has 1 aliphatic rings. The van der Waals surface area contributed by atoms with E-state index in [1.807, 2.05) is 56.3 Å². The molecule has 0 amide bonds. The SMILES string of the molecule is Cc1ccc(C)c(S(=O)(=O)N2CCN(C[C@@H](O)c3ccccc3)CC2)c1. The number of nitrogens with zero attached hydrogens (tertiary/aromatic N) is 2. The molecule has 0 saturated carbocycles. The van der Waals surface area contributed by atoms with E-state index < -0.39 is 16.1 Å². The highest BCUT2D eigenvalue weighted by Gasteiger charge is 2.30. The van der Waals surface area contributed by atoms with Crippen molar-refractivity contribution in [2.24, 2.45) is 0 Å². The first-order valence-corrected chi connectivity index (χ1v) is 10.3. The number of aryl methyl sites for hydroxylation is 2. The zero-order valence-electron chi connectivity index (χ0n) is 15.3. The standard InChI is InChI=1S/C20H26N2O3S/c1-16-8-9-17(2)20(14-16)26(24,25)22-12-10-21(11-13-22)15-19(23)18-6-4-3-5-7-18/h3-9,14,19,23H,10-13,15H2,1-2H3/t19-/m1/s1. The fourth-order valence-corrected chi connectivity index (χ4v) is 5.03. The third-order valence-corrected chi connectivity index (χ3v) is 6.95. The van der Waals surface area contributed by atoms with Crippen LogP contribution in [-0.4, -0.2) is 55.5 Å². The molecule has 1 saturated heterocycles. The molecule has 2 aromatic rings. The van der Waals surface area contributed by atoms with E-state index in [-0.39, 0.29) is 0 Å². The Hall–Kier alpha value is -1.73. The number of piperazine rings is 1. The Morgan fingerprint density at radius 2 is 1.65 bits per heavy atom. The van der Waals surface area contributed by atoms with Gasteiger partial charge in [-0.25, -0.2) is 8.42 Å². The number of aliphatic hydroxyl groups excluding tert-OH is 1. The Morgan fingerprint density at radius 1 is 1.00 bits per heavy atom. The average Bonchev–Trinajstić information content (AvgIpc) is 2.65. The Labute approximate surface area is 155 Å². The van der Waals surface area contributed by atoms with E-state index in [1.165, 1.54) is 0 Å². The fourth-order valence-electron chi connectivity index (χ4n) is 3.30. The lowest BCUT2D eigenvalue weighted by Gasteiger charge is -2.35. The van der Waals surface area contributed by atoms with Gasteiger partial charge in [-0.1, -0.05) is 42.5 Å². The molecule has 1 aliphatic heterocycles. The van der Waals surface area contributed by atoms with Gasteiger partial charge in [-0.15, -0.1) is 0 Å². The number of rotatable bonds is 5. The number of benzene rings is 2. The second-order valence-electron chi connectivity index (χ2n) is 6.90. The van der Waals surface area contributed by atoms with Crippen LogP contribution in [0.2, 0.25) is 0 Å². The van der Waals surface area contributed by atoms with Crippen LogP contribution in [0.15, 0.2) is 53.4 Å². The summed E-state index contributed by atoms with van der Waals surface area (Å²) >= 11 is 0. The van der Waals surface area contributed by atoms with Gasteiger partial charge in [0, 0.05) is 32.7 Å². The van der Waals surface area contributed by atoms with Crippen molar-refractivity contribution in [2.45, 2.75) is 24.8 Å². The maximum Gasteiger partial charge on any atom is 0.243 e. The summed E-state index contributed by atoms with van der Waals surface area (Å²) < 4.78 is 27.5. The van der Waals surface area contributed by atoms with Gasteiger partial charge in [-0.05, 0) is 36.6 Å². The fraction of sp³-hybridized carbons (Fsp3) is 0.400. The van der Waals surface area contributed by atoms with Crippen molar-refractivity contribution in [1.82, 2.24) is 9.21 Å². The largest absolute Gasteiger partial charge is 0.387 e. The first-order valence-electron chi connectivity index (χ1n) is 8.91. The van der Waals surface area contributed by atoms with Crippen LogP contribution >= 0.6 is 0 Å². The van der Waals surface area contributed by atoms with E-state index in [9.17, 15) is 13.5 Å². The molecular formula is C20H26N2O3S. The second kappa shape index (κ2) is 7.88. The van der Waals surface area contributed by atoms with Gasteiger partial charge in [0.05, 0.1) is 11.0 Å². The van der Waals surface area contributed by atoms with E-state index in [2.05, 4.69) is 4.90 Å². The Morgan fingerprint density at radius 3 is 2.31 bits per heavy atom. The summed E-state index contributed by atoms with van der Waals surface area (Å²) in [6, 6.07) is 15.1. The van der Waals surface area contributed by atoms with Crippen molar-refractivity contribution in [3.05, 3.63) is 65.2 Å². The molecule has 3 rings (SSSR count). The minimum Gasteiger partial charge on any atom is -0.387 e. The molecule has 0 spiro atoms. The highest BCUT2D eigenvalue weighted by Crippen LogP contribution is 2.23. The molecule has 1 atom stereocenters. The third-order valence-electron chi connectivity index (χ3n) is 4.91. The van der Waals surface area contributed by atoms with Gasteiger partial charge in [-0.3, -0.25) is 4.90 Å². The Bertz CT molecular complexity index is 845. The van der Waals surface area contributed by atoms with Gasteiger partial charge in [0.15, 0.2) is 0 Å². The Kier molecular flexibility index (Phi) is 5.77. The lowest BCUT2D eigenvalue weighted by Crippen LogP contribution is -2.49. The topological polar surface area (TPSA) is 60.9 Å². The van der Waals surface area contributed by atoms with Gasteiger partial charge in [0.2, 0.25) is 10.0 Å². The van der Waals surface area contributed by atoms with Crippen LogP contribution in [0, 0.1) is 13.8 Å². The monoisotopic (exact) mass is 374 g/mol. The van der Waals surface area contributed by atoms with Crippen LogP contribution in [0.3, 0.4) is 0 Å². The molecule has 0 radical (unpaired) electrons. The maximum atomic E-state index is 13.0. The summed E-state index contributed by atoms with van der Waals surface area (Å²) in [5, 5.41) is 10.4. The molecule has 26 heavy (non-hydrogen) atoms. The van der Waals surface area contributed by atoms with Crippen molar-refractivity contribution < 1.29 is 13.5 Å². The molecule has 0 aliphatic carbocycles. The van der Waals surface area contributed by atoms with Gasteiger partial charge < -0.3 is 5.11 Å². The molecule has 1 N–H and O–H groups in total. The number of sulfonamides is 1. The van der Waals surface area contributed by atoms with Gasteiger partial charge >= 0.3 is 0 Å². The van der Waals surface area contributed by atoms with Gasteiger partial charge in [0.1, 0.15) is 0 Å². The van der Waals surface area contributed by atoms with E-state index >= 15 is 0 Å². The quantitative estimate of drug-likeness (QED) is 0.873. The molecule has 140 valence electrons. The lowest BCUT2D eigenvalue weighted by molar-refractivity contribution is 0.0921. The number of β-amino-alcohol motifs (C(OH)–C–C–N with tert-alkyl or cyclic N) is 1. The molecule has 0 unspecified atom stereocenters. The van der Waals surface area contributed by atoms with Crippen molar-refractivity contribution >= 4 is 10.0 Å². The van der Waals surface area contributed by atoms with E-state index in [4.69, 9.17) is 0 Å². The summed E-state index contributed by atoms with van der Waals surface area (Å²) in [6.07, 6.45) is -0.557. The predicted molar refractivity (Wildman–Crippen MR) is 103 cm³/mol. The van der Waals surface area contributed by atoms with Crippen LogP contribution in [0.4, 0.5) is 0 Å². The smallest absolute Gasteiger partial charge is 0.243 e. The minimum atomic E-state index is -3.48. The molecular weight excluding hydrogens is 348 g/mol.